The van der Waals surface area contributed by atoms with Crippen LogP contribution in [-0.2, 0) is 9.53 Å². The lowest BCUT2D eigenvalue weighted by Gasteiger charge is -2.16. The average Bonchev–Trinajstić information content (AvgIpc) is 3.31. The van der Waals surface area contributed by atoms with Crippen molar-refractivity contribution in [1.29, 1.82) is 0 Å². The van der Waals surface area contributed by atoms with Gasteiger partial charge in [0.15, 0.2) is 6.04 Å². The van der Waals surface area contributed by atoms with Crippen molar-refractivity contribution in [2.24, 2.45) is 0 Å². The number of benzene rings is 2. The van der Waals surface area contributed by atoms with Gasteiger partial charge in [-0.05, 0) is 28.3 Å². The van der Waals surface area contributed by atoms with E-state index in [9.17, 15) is 14.7 Å². The number of carboxylic acid groups (broad SMARTS) is 1. The average molecular weight is 363 g/mol. The van der Waals surface area contributed by atoms with Crippen LogP contribution in [0.5, 0.6) is 0 Å². The first kappa shape index (κ1) is 16.9. The molecule has 0 spiro atoms. The third-order valence-corrected chi connectivity index (χ3v) is 4.73. The molecule has 0 aliphatic heterocycles. The minimum Gasteiger partial charge on any atom is -0.479 e. The van der Waals surface area contributed by atoms with Gasteiger partial charge in [-0.2, -0.15) is 0 Å². The maximum atomic E-state index is 12.2. The lowest BCUT2D eigenvalue weighted by Crippen LogP contribution is -2.34. The number of hydrogen-bond donors (Lipinski definition) is 2. The van der Waals surface area contributed by atoms with E-state index in [4.69, 9.17) is 9.15 Å². The standard InChI is InChI=1S/C21H17NO5/c23-20(24)19(13-9-10-26-11-13)22-21(25)27-12-18-16-7-3-1-5-14(16)15-6-2-4-8-17(15)18/h1-11,18-19H,12H2,(H,22,25)(H,23,24). The van der Waals surface area contributed by atoms with Gasteiger partial charge in [0, 0.05) is 11.5 Å². The van der Waals surface area contributed by atoms with Crippen LogP contribution >= 0.6 is 0 Å². The van der Waals surface area contributed by atoms with Gasteiger partial charge in [-0.3, -0.25) is 0 Å². The summed E-state index contributed by atoms with van der Waals surface area (Å²) in [5.74, 6) is -1.27. The van der Waals surface area contributed by atoms with E-state index in [1.807, 2.05) is 48.5 Å². The molecule has 0 saturated heterocycles. The Morgan fingerprint density at radius 3 is 2.22 bits per heavy atom. The van der Waals surface area contributed by atoms with E-state index in [-0.39, 0.29) is 12.5 Å². The van der Waals surface area contributed by atoms with Crippen LogP contribution in [0.2, 0.25) is 0 Å². The Morgan fingerprint density at radius 1 is 1.04 bits per heavy atom. The number of carbonyl (C=O) groups excluding carboxylic acids is 1. The van der Waals surface area contributed by atoms with E-state index in [1.54, 1.807) is 0 Å². The van der Waals surface area contributed by atoms with Crippen molar-refractivity contribution in [2.45, 2.75) is 12.0 Å². The van der Waals surface area contributed by atoms with Crippen molar-refractivity contribution in [1.82, 2.24) is 5.32 Å². The minimum atomic E-state index is -1.22. The number of carboxylic acids is 1. The first-order chi connectivity index (χ1) is 13.1. The molecule has 1 amide bonds. The summed E-state index contributed by atoms with van der Waals surface area (Å²) in [5.41, 5.74) is 4.79. The van der Waals surface area contributed by atoms with Crippen LogP contribution in [-0.4, -0.2) is 23.8 Å². The Kier molecular flexibility index (Phi) is 4.38. The molecule has 4 rings (SSSR count). The predicted octanol–water partition coefficient (Wildman–Crippen LogP) is 3.94. The molecule has 0 saturated carbocycles. The number of ether oxygens (including phenoxy) is 1. The van der Waals surface area contributed by atoms with Gasteiger partial charge in [-0.15, -0.1) is 0 Å². The van der Waals surface area contributed by atoms with Gasteiger partial charge in [0.1, 0.15) is 6.61 Å². The quantitative estimate of drug-likeness (QED) is 0.717. The zero-order valence-electron chi connectivity index (χ0n) is 14.3. The highest BCUT2D eigenvalue weighted by atomic mass is 16.5. The molecule has 0 fully saturated rings. The zero-order chi connectivity index (χ0) is 18.8. The highest BCUT2D eigenvalue weighted by Crippen LogP contribution is 2.44. The van der Waals surface area contributed by atoms with Crippen LogP contribution in [0.3, 0.4) is 0 Å². The first-order valence-corrected chi connectivity index (χ1v) is 8.51. The topological polar surface area (TPSA) is 88.8 Å². The molecule has 136 valence electrons. The Morgan fingerprint density at radius 2 is 1.67 bits per heavy atom. The maximum absolute atomic E-state index is 12.2. The Hall–Kier alpha value is -3.54. The molecule has 0 radical (unpaired) electrons. The molecule has 6 heteroatoms. The molecule has 3 aromatic rings. The fourth-order valence-corrected chi connectivity index (χ4v) is 3.48. The number of furan rings is 1. The number of fused-ring (bicyclic) bond motifs is 3. The van der Waals surface area contributed by atoms with E-state index in [0.29, 0.717) is 5.56 Å². The second-order valence-corrected chi connectivity index (χ2v) is 6.30. The van der Waals surface area contributed by atoms with Crippen LogP contribution < -0.4 is 5.32 Å². The van der Waals surface area contributed by atoms with Crippen LogP contribution in [0.15, 0.2) is 71.5 Å². The molecule has 1 unspecified atom stereocenters. The first-order valence-electron chi connectivity index (χ1n) is 8.51. The number of alkyl carbamates (subject to hydrolysis) is 1. The van der Waals surface area contributed by atoms with Gasteiger partial charge in [0.05, 0.1) is 12.5 Å². The van der Waals surface area contributed by atoms with E-state index < -0.39 is 18.1 Å². The fraction of sp³-hybridized carbons (Fsp3) is 0.143. The number of hydrogen-bond acceptors (Lipinski definition) is 4. The Bertz CT molecular complexity index is 934. The monoisotopic (exact) mass is 363 g/mol. The Balaban J connectivity index is 1.49. The zero-order valence-corrected chi connectivity index (χ0v) is 14.3. The van der Waals surface area contributed by atoms with Crippen molar-refractivity contribution in [2.75, 3.05) is 6.61 Å². The van der Waals surface area contributed by atoms with Gasteiger partial charge < -0.3 is 19.6 Å². The van der Waals surface area contributed by atoms with Gasteiger partial charge in [-0.25, -0.2) is 9.59 Å². The summed E-state index contributed by atoms with van der Waals surface area (Å²) < 4.78 is 10.3. The molecular formula is C21H17NO5. The molecule has 1 aromatic heterocycles. The second-order valence-electron chi connectivity index (χ2n) is 6.30. The van der Waals surface area contributed by atoms with Crippen molar-refractivity contribution < 1.29 is 23.8 Å². The SMILES string of the molecule is O=C(NC(C(=O)O)c1ccoc1)OCC1c2ccccc2-c2ccccc21. The van der Waals surface area contributed by atoms with Gasteiger partial charge in [-0.1, -0.05) is 48.5 Å². The molecule has 6 nitrogen and oxygen atoms in total. The molecule has 1 heterocycles. The van der Waals surface area contributed by atoms with Crippen LogP contribution in [0.25, 0.3) is 11.1 Å². The van der Waals surface area contributed by atoms with Crippen LogP contribution in [0.1, 0.15) is 28.7 Å². The summed E-state index contributed by atoms with van der Waals surface area (Å²) in [6, 6.07) is 16.3. The van der Waals surface area contributed by atoms with Crippen molar-refractivity contribution >= 4 is 12.1 Å². The Labute approximate surface area is 155 Å². The summed E-state index contributed by atoms with van der Waals surface area (Å²) in [4.78, 5) is 23.6. The minimum absolute atomic E-state index is 0.0830. The lowest BCUT2D eigenvalue weighted by atomic mass is 9.98. The van der Waals surface area contributed by atoms with E-state index in [1.165, 1.54) is 18.6 Å². The van der Waals surface area contributed by atoms with E-state index >= 15 is 0 Å². The normalized spacial score (nSPS) is 13.5. The molecule has 1 aliphatic rings. The van der Waals surface area contributed by atoms with Crippen molar-refractivity contribution in [3.63, 3.8) is 0 Å². The summed E-state index contributed by atoms with van der Waals surface area (Å²) in [7, 11) is 0. The maximum Gasteiger partial charge on any atom is 0.408 e. The molecular weight excluding hydrogens is 346 g/mol. The smallest absolute Gasteiger partial charge is 0.408 e. The van der Waals surface area contributed by atoms with E-state index in [2.05, 4.69) is 5.32 Å². The number of carbonyl (C=O) groups is 2. The van der Waals surface area contributed by atoms with Crippen molar-refractivity contribution in [3.05, 3.63) is 83.8 Å². The third kappa shape index (κ3) is 3.17. The molecule has 2 N–H and O–H groups in total. The molecule has 27 heavy (non-hydrogen) atoms. The number of amides is 1. The summed E-state index contributed by atoms with van der Waals surface area (Å²) >= 11 is 0. The molecule has 2 aromatic carbocycles. The van der Waals surface area contributed by atoms with E-state index in [0.717, 1.165) is 22.3 Å². The summed E-state index contributed by atoms with van der Waals surface area (Å²) in [6.45, 7) is 0.123. The number of rotatable bonds is 5. The largest absolute Gasteiger partial charge is 0.479 e. The van der Waals surface area contributed by atoms with Crippen LogP contribution in [0, 0.1) is 0 Å². The number of nitrogens with one attached hydrogen (secondary N) is 1. The highest BCUT2D eigenvalue weighted by Gasteiger charge is 2.30. The molecule has 1 atom stereocenters. The summed E-state index contributed by atoms with van der Waals surface area (Å²) in [5, 5.41) is 11.7. The second kappa shape index (κ2) is 6.99. The summed E-state index contributed by atoms with van der Waals surface area (Å²) in [6.07, 6.45) is 1.85. The predicted molar refractivity (Wildman–Crippen MR) is 97.3 cm³/mol. The molecule has 1 aliphatic carbocycles. The third-order valence-electron chi connectivity index (χ3n) is 4.73. The van der Waals surface area contributed by atoms with Gasteiger partial charge in [0.2, 0.25) is 0 Å². The molecule has 0 bridgehead atoms. The van der Waals surface area contributed by atoms with Crippen molar-refractivity contribution in [3.8, 4) is 11.1 Å². The highest BCUT2D eigenvalue weighted by molar-refractivity contribution is 5.82. The fourth-order valence-electron chi connectivity index (χ4n) is 3.48. The van der Waals surface area contributed by atoms with Gasteiger partial charge in [0.25, 0.3) is 0 Å². The number of aliphatic carboxylic acids is 1. The lowest BCUT2D eigenvalue weighted by molar-refractivity contribution is -0.139. The van der Waals surface area contributed by atoms with Crippen LogP contribution in [0.4, 0.5) is 4.79 Å². The van der Waals surface area contributed by atoms with Gasteiger partial charge >= 0.3 is 12.1 Å².